The smallest absolute Gasteiger partial charge is 0.252 e. The highest BCUT2D eigenvalue weighted by molar-refractivity contribution is 14.1. The van der Waals surface area contributed by atoms with Crippen LogP contribution >= 0.6 is 22.6 Å². The van der Waals surface area contributed by atoms with Crippen molar-refractivity contribution in [1.82, 2.24) is 5.32 Å². The van der Waals surface area contributed by atoms with Crippen molar-refractivity contribution in [1.29, 1.82) is 0 Å². The highest BCUT2D eigenvalue weighted by Gasteiger charge is 2.14. The molecule has 0 radical (unpaired) electrons. The van der Waals surface area contributed by atoms with Crippen molar-refractivity contribution in [2.75, 3.05) is 13.2 Å². The van der Waals surface area contributed by atoms with Gasteiger partial charge in [0, 0.05) is 16.7 Å². The van der Waals surface area contributed by atoms with Crippen molar-refractivity contribution < 1.29 is 9.53 Å². The van der Waals surface area contributed by atoms with Crippen LogP contribution in [0, 0.1) is 3.57 Å². The monoisotopic (exact) mass is 359 g/mol. The average molecular weight is 359 g/mol. The minimum absolute atomic E-state index is 0.0100. The number of rotatable bonds is 4. The van der Waals surface area contributed by atoms with Crippen LogP contribution in [-0.2, 0) is 4.74 Å². The van der Waals surface area contributed by atoms with Crippen LogP contribution in [0.3, 0.4) is 0 Å². The van der Waals surface area contributed by atoms with E-state index in [2.05, 4.69) is 27.9 Å². The van der Waals surface area contributed by atoms with E-state index in [1.807, 2.05) is 24.3 Å². The number of ether oxygens (including phenoxy) is 1. The van der Waals surface area contributed by atoms with Gasteiger partial charge in [0.2, 0.25) is 0 Å². The Morgan fingerprint density at radius 1 is 1.39 bits per heavy atom. The fourth-order valence-corrected chi connectivity index (χ4v) is 2.75. The summed E-state index contributed by atoms with van der Waals surface area (Å²) in [5, 5.41) is 2.96. The highest BCUT2D eigenvalue weighted by Crippen LogP contribution is 2.15. The van der Waals surface area contributed by atoms with Gasteiger partial charge in [-0.3, -0.25) is 4.79 Å². The fraction of sp³-hybridized carbons (Fsp3) is 0.500. The average Bonchev–Trinajstić information content (AvgIpc) is 2.40. The molecule has 1 heterocycles. The Labute approximate surface area is 121 Å². The largest absolute Gasteiger partial charge is 0.378 e. The van der Waals surface area contributed by atoms with Crippen molar-refractivity contribution >= 4 is 28.5 Å². The molecule has 4 heteroatoms. The Balaban J connectivity index is 1.76. The van der Waals surface area contributed by atoms with E-state index in [1.165, 1.54) is 12.8 Å². The minimum atomic E-state index is 0.0100. The molecule has 1 saturated heterocycles. The number of carbonyl (C=O) groups excluding carboxylic acids is 1. The third-order valence-corrected chi connectivity index (χ3v) is 4.09. The molecular weight excluding hydrogens is 341 g/mol. The van der Waals surface area contributed by atoms with Crippen LogP contribution in [0.5, 0.6) is 0 Å². The molecule has 0 aromatic heterocycles. The molecule has 1 fully saturated rings. The second kappa shape index (κ2) is 7.09. The van der Waals surface area contributed by atoms with Crippen LogP contribution in [-0.4, -0.2) is 25.2 Å². The van der Waals surface area contributed by atoms with Gasteiger partial charge in [-0.15, -0.1) is 0 Å². The highest BCUT2D eigenvalue weighted by atomic mass is 127. The van der Waals surface area contributed by atoms with E-state index >= 15 is 0 Å². The van der Waals surface area contributed by atoms with Gasteiger partial charge in [0.25, 0.3) is 5.91 Å². The van der Waals surface area contributed by atoms with Gasteiger partial charge in [0.05, 0.1) is 11.7 Å². The molecule has 1 aromatic carbocycles. The van der Waals surface area contributed by atoms with Crippen molar-refractivity contribution in [3.05, 3.63) is 33.4 Å². The summed E-state index contributed by atoms with van der Waals surface area (Å²) in [5.74, 6) is 0.0100. The number of nitrogens with one attached hydrogen (secondary N) is 1. The topological polar surface area (TPSA) is 38.3 Å². The number of hydrogen-bond acceptors (Lipinski definition) is 2. The molecular formula is C14H18INO2. The molecule has 1 N–H and O–H groups in total. The van der Waals surface area contributed by atoms with Gasteiger partial charge in [0.15, 0.2) is 0 Å². The van der Waals surface area contributed by atoms with E-state index in [9.17, 15) is 4.79 Å². The van der Waals surface area contributed by atoms with Crippen molar-refractivity contribution in [3.8, 4) is 0 Å². The summed E-state index contributed by atoms with van der Waals surface area (Å²) in [4.78, 5) is 12.0. The predicted molar refractivity (Wildman–Crippen MR) is 79.7 cm³/mol. The van der Waals surface area contributed by atoms with Gasteiger partial charge >= 0.3 is 0 Å². The summed E-state index contributed by atoms with van der Waals surface area (Å²) < 4.78 is 6.62. The molecule has 1 amide bonds. The molecule has 1 aliphatic rings. The molecule has 1 aliphatic heterocycles. The maximum absolute atomic E-state index is 12.0. The molecule has 2 rings (SSSR count). The van der Waals surface area contributed by atoms with Crippen molar-refractivity contribution in [2.24, 2.45) is 0 Å². The summed E-state index contributed by atoms with van der Waals surface area (Å²) in [5.41, 5.74) is 0.752. The van der Waals surface area contributed by atoms with Gasteiger partial charge in [-0.05, 0) is 60.4 Å². The molecule has 18 heavy (non-hydrogen) atoms. The summed E-state index contributed by atoms with van der Waals surface area (Å²) in [6.45, 7) is 1.56. The lowest BCUT2D eigenvalue weighted by Crippen LogP contribution is -2.29. The Morgan fingerprint density at radius 3 is 2.94 bits per heavy atom. The SMILES string of the molecule is O=C(NCCC1CCCCO1)c1ccccc1I. The van der Waals surface area contributed by atoms with Gasteiger partial charge in [-0.2, -0.15) is 0 Å². The van der Waals surface area contributed by atoms with Gasteiger partial charge < -0.3 is 10.1 Å². The summed E-state index contributed by atoms with van der Waals surface area (Å²) in [7, 11) is 0. The number of carbonyl (C=O) groups is 1. The van der Waals surface area contributed by atoms with Crippen LogP contribution in [0.2, 0.25) is 0 Å². The van der Waals surface area contributed by atoms with Crippen LogP contribution in [0.15, 0.2) is 24.3 Å². The first-order valence-electron chi connectivity index (χ1n) is 6.41. The van der Waals surface area contributed by atoms with E-state index in [-0.39, 0.29) is 5.91 Å². The third-order valence-electron chi connectivity index (χ3n) is 3.14. The van der Waals surface area contributed by atoms with Gasteiger partial charge in [-0.25, -0.2) is 0 Å². The molecule has 1 unspecified atom stereocenters. The zero-order valence-electron chi connectivity index (χ0n) is 10.3. The predicted octanol–water partition coefficient (Wildman–Crippen LogP) is 2.98. The van der Waals surface area contributed by atoms with Crippen molar-refractivity contribution in [2.45, 2.75) is 31.8 Å². The third kappa shape index (κ3) is 3.95. The number of benzene rings is 1. The van der Waals surface area contributed by atoms with E-state index in [0.717, 1.165) is 28.6 Å². The summed E-state index contributed by atoms with van der Waals surface area (Å²) in [6.07, 6.45) is 4.78. The van der Waals surface area contributed by atoms with Crippen LogP contribution < -0.4 is 5.32 Å². The summed E-state index contributed by atoms with van der Waals surface area (Å²) >= 11 is 2.19. The van der Waals surface area contributed by atoms with Gasteiger partial charge in [-0.1, -0.05) is 12.1 Å². The van der Waals surface area contributed by atoms with Crippen LogP contribution in [0.4, 0.5) is 0 Å². The number of hydrogen-bond donors (Lipinski definition) is 1. The van der Waals surface area contributed by atoms with Crippen LogP contribution in [0.1, 0.15) is 36.0 Å². The lowest BCUT2D eigenvalue weighted by atomic mass is 10.1. The fourth-order valence-electron chi connectivity index (χ4n) is 2.12. The Morgan fingerprint density at radius 2 is 2.22 bits per heavy atom. The number of halogens is 1. The first kappa shape index (κ1) is 13.8. The zero-order chi connectivity index (χ0) is 12.8. The summed E-state index contributed by atoms with van der Waals surface area (Å²) in [6, 6.07) is 7.63. The molecule has 0 aliphatic carbocycles. The van der Waals surface area contributed by atoms with Crippen molar-refractivity contribution in [3.63, 3.8) is 0 Å². The van der Waals surface area contributed by atoms with E-state index in [4.69, 9.17) is 4.74 Å². The Bertz CT molecular complexity index is 403. The molecule has 1 aromatic rings. The first-order valence-corrected chi connectivity index (χ1v) is 7.49. The molecule has 0 bridgehead atoms. The number of amides is 1. The molecule has 98 valence electrons. The van der Waals surface area contributed by atoms with Crippen LogP contribution in [0.25, 0.3) is 0 Å². The standard InChI is InChI=1S/C14H18INO2/c15-13-7-2-1-6-12(13)14(17)16-9-8-11-5-3-4-10-18-11/h1-2,6-7,11H,3-5,8-10H2,(H,16,17). The Hall–Kier alpha value is -0.620. The second-order valence-corrected chi connectivity index (χ2v) is 5.68. The molecule has 1 atom stereocenters. The second-order valence-electron chi connectivity index (χ2n) is 4.51. The lowest BCUT2D eigenvalue weighted by Gasteiger charge is -2.22. The molecule has 0 spiro atoms. The zero-order valence-corrected chi connectivity index (χ0v) is 12.5. The normalized spacial score (nSPS) is 19.5. The maximum Gasteiger partial charge on any atom is 0.252 e. The van der Waals surface area contributed by atoms with Gasteiger partial charge in [0.1, 0.15) is 0 Å². The minimum Gasteiger partial charge on any atom is -0.378 e. The first-order chi connectivity index (χ1) is 8.77. The lowest BCUT2D eigenvalue weighted by molar-refractivity contribution is 0.0117. The molecule has 0 saturated carbocycles. The maximum atomic E-state index is 12.0. The quantitative estimate of drug-likeness (QED) is 0.840. The molecule has 3 nitrogen and oxygen atoms in total. The van der Waals surface area contributed by atoms with E-state index in [1.54, 1.807) is 0 Å². The van der Waals surface area contributed by atoms with E-state index < -0.39 is 0 Å². The van der Waals surface area contributed by atoms with E-state index in [0.29, 0.717) is 12.6 Å². The Kier molecular flexibility index (Phi) is 5.44.